The fraction of sp³-hybridized carbons (Fsp3) is 0.450. The second-order valence-electron chi connectivity index (χ2n) is 7.29. The molecule has 3 heterocycles. The van der Waals surface area contributed by atoms with Gasteiger partial charge >= 0.3 is 0 Å². The molecule has 0 bridgehead atoms. The number of imide groups is 1. The van der Waals surface area contributed by atoms with Crippen LogP contribution in [0.2, 0.25) is 0 Å². The molecule has 2 fully saturated rings. The van der Waals surface area contributed by atoms with Gasteiger partial charge in [0.25, 0.3) is 5.91 Å². The second-order valence-corrected chi connectivity index (χ2v) is 7.29. The zero-order valence-corrected chi connectivity index (χ0v) is 16.0. The number of likely N-dealkylation sites (tertiary alicyclic amines) is 1. The van der Waals surface area contributed by atoms with Gasteiger partial charge in [-0.05, 0) is 5.56 Å². The van der Waals surface area contributed by atoms with Crippen molar-refractivity contribution in [2.45, 2.75) is 25.4 Å². The quantitative estimate of drug-likeness (QED) is 0.681. The fourth-order valence-electron chi connectivity index (χ4n) is 3.73. The SMILES string of the molecule is O=C(CN1C(=O)CCC1=O)N1CCN(C(=O)C2=NOC(c3ccccc3)C2)CC1. The van der Waals surface area contributed by atoms with Crippen LogP contribution in [0.1, 0.15) is 30.9 Å². The van der Waals surface area contributed by atoms with E-state index in [1.807, 2.05) is 30.3 Å². The lowest BCUT2D eigenvalue weighted by Crippen LogP contribution is -2.54. The summed E-state index contributed by atoms with van der Waals surface area (Å²) in [6, 6.07) is 9.62. The summed E-state index contributed by atoms with van der Waals surface area (Å²) in [6.45, 7) is 1.25. The maximum absolute atomic E-state index is 12.7. The molecule has 4 amide bonds. The van der Waals surface area contributed by atoms with E-state index in [1.54, 1.807) is 9.80 Å². The highest BCUT2D eigenvalue weighted by Crippen LogP contribution is 2.27. The molecule has 29 heavy (non-hydrogen) atoms. The molecule has 0 spiro atoms. The molecule has 2 saturated heterocycles. The molecular formula is C20H22N4O5. The number of nitrogens with zero attached hydrogens (tertiary/aromatic N) is 4. The number of piperazine rings is 1. The van der Waals surface area contributed by atoms with E-state index < -0.39 is 0 Å². The average molecular weight is 398 g/mol. The number of oxime groups is 1. The number of carbonyl (C=O) groups is 4. The van der Waals surface area contributed by atoms with Gasteiger partial charge in [-0.3, -0.25) is 24.1 Å². The van der Waals surface area contributed by atoms with Crippen LogP contribution >= 0.6 is 0 Å². The van der Waals surface area contributed by atoms with Crippen molar-refractivity contribution in [3.05, 3.63) is 35.9 Å². The summed E-state index contributed by atoms with van der Waals surface area (Å²) in [5.74, 6) is -1.06. The van der Waals surface area contributed by atoms with Crippen LogP contribution in [-0.4, -0.2) is 76.8 Å². The second kappa shape index (κ2) is 8.02. The Kier molecular flexibility index (Phi) is 5.28. The third-order valence-electron chi connectivity index (χ3n) is 5.45. The van der Waals surface area contributed by atoms with Crippen molar-refractivity contribution >= 4 is 29.3 Å². The Hall–Kier alpha value is -3.23. The summed E-state index contributed by atoms with van der Waals surface area (Å²) in [5, 5.41) is 3.97. The zero-order valence-electron chi connectivity index (χ0n) is 16.0. The minimum Gasteiger partial charge on any atom is -0.387 e. The van der Waals surface area contributed by atoms with Gasteiger partial charge in [0, 0.05) is 45.4 Å². The van der Waals surface area contributed by atoms with Gasteiger partial charge < -0.3 is 14.6 Å². The van der Waals surface area contributed by atoms with Crippen LogP contribution in [0.25, 0.3) is 0 Å². The van der Waals surface area contributed by atoms with Gasteiger partial charge in [0.05, 0.1) is 0 Å². The Morgan fingerprint density at radius 3 is 2.24 bits per heavy atom. The van der Waals surface area contributed by atoms with Crippen LogP contribution in [0, 0.1) is 0 Å². The highest BCUT2D eigenvalue weighted by Gasteiger charge is 2.35. The summed E-state index contributed by atoms with van der Waals surface area (Å²) in [4.78, 5) is 58.2. The lowest BCUT2D eigenvalue weighted by atomic mass is 10.0. The van der Waals surface area contributed by atoms with E-state index in [9.17, 15) is 19.2 Å². The molecule has 1 aromatic carbocycles. The van der Waals surface area contributed by atoms with E-state index in [4.69, 9.17) is 4.84 Å². The summed E-state index contributed by atoms with van der Waals surface area (Å²) >= 11 is 0. The number of amides is 4. The minimum absolute atomic E-state index is 0.169. The van der Waals surface area contributed by atoms with Gasteiger partial charge in [-0.2, -0.15) is 0 Å². The molecule has 0 radical (unpaired) electrons. The van der Waals surface area contributed by atoms with Gasteiger partial charge in [-0.15, -0.1) is 0 Å². The van der Waals surface area contributed by atoms with E-state index in [-0.39, 0.29) is 49.1 Å². The molecule has 0 aromatic heterocycles. The predicted molar refractivity (Wildman–Crippen MR) is 101 cm³/mol. The molecule has 0 aliphatic carbocycles. The largest absolute Gasteiger partial charge is 0.387 e. The lowest BCUT2D eigenvalue weighted by molar-refractivity contribution is -0.146. The van der Waals surface area contributed by atoms with Crippen LogP contribution < -0.4 is 0 Å². The number of hydrogen-bond donors (Lipinski definition) is 0. The van der Waals surface area contributed by atoms with E-state index >= 15 is 0 Å². The van der Waals surface area contributed by atoms with Crippen molar-refractivity contribution < 1.29 is 24.0 Å². The topological polar surface area (TPSA) is 99.6 Å². The summed E-state index contributed by atoms with van der Waals surface area (Å²) < 4.78 is 0. The van der Waals surface area contributed by atoms with Crippen molar-refractivity contribution in [1.82, 2.24) is 14.7 Å². The first kappa shape index (κ1) is 19.1. The molecular weight excluding hydrogens is 376 g/mol. The Bertz CT molecular complexity index is 845. The Labute approximate surface area is 167 Å². The summed E-state index contributed by atoms with van der Waals surface area (Å²) in [7, 11) is 0. The minimum atomic E-state index is -0.302. The summed E-state index contributed by atoms with van der Waals surface area (Å²) in [6.07, 6.45) is 0.500. The smallest absolute Gasteiger partial charge is 0.271 e. The van der Waals surface area contributed by atoms with Crippen molar-refractivity contribution in [2.75, 3.05) is 32.7 Å². The van der Waals surface area contributed by atoms with E-state index in [2.05, 4.69) is 5.16 Å². The van der Waals surface area contributed by atoms with Crippen molar-refractivity contribution in [1.29, 1.82) is 0 Å². The molecule has 1 aromatic rings. The normalized spacial score (nSPS) is 22.0. The van der Waals surface area contributed by atoms with Crippen LogP contribution in [0.5, 0.6) is 0 Å². The highest BCUT2D eigenvalue weighted by atomic mass is 16.6. The third-order valence-corrected chi connectivity index (χ3v) is 5.45. The van der Waals surface area contributed by atoms with Gasteiger partial charge in [-0.1, -0.05) is 35.5 Å². The maximum Gasteiger partial charge on any atom is 0.271 e. The molecule has 0 N–H and O–H groups in total. The molecule has 1 atom stereocenters. The fourth-order valence-corrected chi connectivity index (χ4v) is 3.73. The lowest BCUT2D eigenvalue weighted by Gasteiger charge is -2.35. The number of rotatable bonds is 4. The van der Waals surface area contributed by atoms with Crippen LogP contribution in [0.3, 0.4) is 0 Å². The van der Waals surface area contributed by atoms with Gasteiger partial charge in [0.15, 0.2) is 6.10 Å². The predicted octanol–water partition coefficient (Wildman–Crippen LogP) is 0.324. The Morgan fingerprint density at radius 2 is 1.59 bits per heavy atom. The molecule has 0 saturated carbocycles. The molecule has 3 aliphatic heterocycles. The van der Waals surface area contributed by atoms with E-state index in [0.717, 1.165) is 10.5 Å². The van der Waals surface area contributed by atoms with Gasteiger partial charge in [0.1, 0.15) is 12.3 Å². The van der Waals surface area contributed by atoms with Gasteiger partial charge in [-0.25, -0.2) is 0 Å². The molecule has 9 heteroatoms. The van der Waals surface area contributed by atoms with Gasteiger partial charge in [0.2, 0.25) is 17.7 Å². The van der Waals surface area contributed by atoms with Crippen molar-refractivity contribution in [2.24, 2.45) is 5.16 Å². The van der Waals surface area contributed by atoms with Crippen LogP contribution in [0.15, 0.2) is 35.5 Å². The third kappa shape index (κ3) is 3.98. The standard InChI is InChI=1S/C20H22N4O5/c25-17-6-7-18(26)24(17)13-19(27)22-8-10-23(11-9-22)20(28)15-12-16(29-21-15)14-4-2-1-3-5-14/h1-5,16H,6-13H2. The molecule has 9 nitrogen and oxygen atoms in total. The monoisotopic (exact) mass is 398 g/mol. The van der Waals surface area contributed by atoms with Crippen molar-refractivity contribution in [3.8, 4) is 0 Å². The zero-order chi connectivity index (χ0) is 20.4. The first-order valence-corrected chi connectivity index (χ1v) is 9.71. The molecule has 4 rings (SSSR count). The number of carbonyl (C=O) groups excluding carboxylic acids is 4. The van der Waals surface area contributed by atoms with Crippen molar-refractivity contribution in [3.63, 3.8) is 0 Å². The first-order valence-electron chi connectivity index (χ1n) is 9.71. The first-order chi connectivity index (χ1) is 14.0. The van der Waals surface area contributed by atoms with E-state index in [1.165, 1.54) is 0 Å². The molecule has 152 valence electrons. The average Bonchev–Trinajstić information content (AvgIpc) is 3.37. The van der Waals surface area contributed by atoms with E-state index in [0.29, 0.717) is 38.3 Å². The van der Waals surface area contributed by atoms with Crippen LogP contribution in [-0.2, 0) is 24.0 Å². The Morgan fingerprint density at radius 1 is 0.966 bits per heavy atom. The van der Waals surface area contributed by atoms with Crippen LogP contribution in [0.4, 0.5) is 0 Å². The number of hydrogen-bond acceptors (Lipinski definition) is 6. The maximum atomic E-state index is 12.7. The Balaban J connectivity index is 1.27. The molecule has 1 unspecified atom stereocenters. The summed E-state index contributed by atoms with van der Waals surface area (Å²) in [5.41, 5.74) is 1.35. The highest BCUT2D eigenvalue weighted by molar-refractivity contribution is 6.39. The molecule has 3 aliphatic rings. The number of benzene rings is 1.